The molecule has 2 heterocycles. The van der Waals surface area contributed by atoms with Gasteiger partial charge in [0.25, 0.3) is 0 Å². The highest BCUT2D eigenvalue weighted by Gasteiger charge is 2.38. The van der Waals surface area contributed by atoms with Crippen LogP contribution in [0, 0.1) is 0 Å². The van der Waals surface area contributed by atoms with Crippen molar-refractivity contribution in [2.24, 2.45) is 0 Å². The van der Waals surface area contributed by atoms with Crippen LogP contribution in [-0.2, 0) is 4.74 Å². The molecule has 10 heteroatoms. The number of hydrogen-bond acceptors (Lipinski definition) is 8. The number of cyclic esters (lactones) is 1. The number of carboxylic acids is 1. The van der Waals surface area contributed by atoms with E-state index in [9.17, 15) is 14.7 Å². The fourth-order valence-corrected chi connectivity index (χ4v) is 4.96. The SMILES string of the molecule is C[C@@H]1OC(=O)N(CCSc2nc(C(=O)O)cs2)[C@H]1CCC(O)COc1ccccc1. The Morgan fingerprint density at radius 3 is 2.87 bits per heavy atom. The first-order valence-electron chi connectivity index (χ1n) is 9.59. The summed E-state index contributed by atoms with van der Waals surface area (Å²) in [7, 11) is 0. The van der Waals surface area contributed by atoms with Crippen molar-refractivity contribution in [1.29, 1.82) is 0 Å². The molecule has 1 aromatic heterocycles. The van der Waals surface area contributed by atoms with E-state index in [-0.39, 0.29) is 30.5 Å². The Hall–Kier alpha value is -2.30. The highest BCUT2D eigenvalue weighted by molar-refractivity contribution is 8.01. The van der Waals surface area contributed by atoms with Gasteiger partial charge in [-0.25, -0.2) is 14.6 Å². The van der Waals surface area contributed by atoms with Gasteiger partial charge in [0, 0.05) is 17.7 Å². The molecule has 3 atom stereocenters. The first-order valence-corrected chi connectivity index (χ1v) is 11.5. The number of thioether (sulfide) groups is 1. The lowest BCUT2D eigenvalue weighted by atomic mass is 10.0. The van der Waals surface area contributed by atoms with Crippen molar-refractivity contribution in [3.8, 4) is 5.75 Å². The average molecular weight is 453 g/mol. The maximum absolute atomic E-state index is 12.2. The van der Waals surface area contributed by atoms with E-state index >= 15 is 0 Å². The second kappa shape index (κ2) is 10.6. The zero-order chi connectivity index (χ0) is 21.5. The van der Waals surface area contributed by atoms with Gasteiger partial charge in [-0.05, 0) is 31.9 Å². The third kappa shape index (κ3) is 6.10. The van der Waals surface area contributed by atoms with E-state index in [1.165, 1.54) is 28.5 Å². The Bertz CT molecular complexity index is 847. The molecule has 1 aliphatic heterocycles. The summed E-state index contributed by atoms with van der Waals surface area (Å²) in [5, 5.41) is 20.7. The molecule has 2 N–H and O–H groups in total. The molecule has 0 bridgehead atoms. The molecule has 1 fully saturated rings. The van der Waals surface area contributed by atoms with E-state index in [0.717, 1.165) is 0 Å². The van der Waals surface area contributed by atoms with E-state index in [2.05, 4.69) is 4.98 Å². The maximum atomic E-state index is 12.2. The summed E-state index contributed by atoms with van der Waals surface area (Å²) in [5.74, 6) is 0.228. The number of carbonyl (C=O) groups is 2. The van der Waals surface area contributed by atoms with Gasteiger partial charge in [-0.3, -0.25) is 0 Å². The topological polar surface area (TPSA) is 109 Å². The van der Waals surface area contributed by atoms with Crippen LogP contribution in [0.15, 0.2) is 40.1 Å². The second-order valence-electron chi connectivity index (χ2n) is 6.86. The van der Waals surface area contributed by atoms with Crippen LogP contribution >= 0.6 is 23.1 Å². The Morgan fingerprint density at radius 2 is 2.17 bits per heavy atom. The van der Waals surface area contributed by atoms with E-state index < -0.39 is 12.1 Å². The molecule has 1 aromatic carbocycles. The van der Waals surface area contributed by atoms with E-state index in [4.69, 9.17) is 14.6 Å². The normalized spacial score (nSPS) is 19.5. The summed E-state index contributed by atoms with van der Waals surface area (Å²) in [4.78, 5) is 28.8. The third-order valence-electron chi connectivity index (χ3n) is 4.70. The number of hydrogen-bond donors (Lipinski definition) is 2. The number of carboxylic acid groups (broad SMARTS) is 1. The summed E-state index contributed by atoms with van der Waals surface area (Å²) in [6, 6.07) is 9.17. The molecule has 3 rings (SSSR count). The lowest BCUT2D eigenvalue weighted by Crippen LogP contribution is -2.38. The van der Waals surface area contributed by atoms with Crippen LogP contribution in [0.1, 0.15) is 30.3 Å². The zero-order valence-corrected chi connectivity index (χ0v) is 18.1. The average Bonchev–Trinajstić information content (AvgIpc) is 3.30. The van der Waals surface area contributed by atoms with Crippen molar-refractivity contribution in [1.82, 2.24) is 9.88 Å². The molecule has 162 valence electrons. The highest BCUT2D eigenvalue weighted by atomic mass is 32.2. The van der Waals surface area contributed by atoms with Gasteiger partial charge >= 0.3 is 12.1 Å². The molecule has 0 radical (unpaired) electrons. The predicted molar refractivity (Wildman–Crippen MR) is 113 cm³/mol. The van der Waals surface area contributed by atoms with Crippen molar-refractivity contribution >= 4 is 35.2 Å². The minimum absolute atomic E-state index is 0.0290. The Balaban J connectivity index is 1.45. The number of carbonyl (C=O) groups excluding carboxylic acids is 1. The van der Waals surface area contributed by atoms with Crippen LogP contribution in [0.2, 0.25) is 0 Å². The van der Waals surface area contributed by atoms with Crippen LogP contribution in [0.4, 0.5) is 4.79 Å². The third-order valence-corrected chi connectivity index (χ3v) is 6.71. The Morgan fingerprint density at radius 1 is 1.40 bits per heavy atom. The van der Waals surface area contributed by atoms with Crippen LogP contribution in [0.5, 0.6) is 5.75 Å². The summed E-state index contributed by atoms with van der Waals surface area (Å²) < 4.78 is 11.6. The Kier molecular flexibility index (Phi) is 7.94. The van der Waals surface area contributed by atoms with Gasteiger partial charge in [-0.1, -0.05) is 30.0 Å². The van der Waals surface area contributed by atoms with Gasteiger partial charge in [0.1, 0.15) is 18.5 Å². The number of nitrogens with zero attached hydrogens (tertiary/aromatic N) is 2. The van der Waals surface area contributed by atoms with Gasteiger partial charge in [0.05, 0.1) is 12.1 Å². The number of aromatic carboxylic acids is 1. The number of para-hydroxylation sites is 1. The number of aliphatic hydroxyl groups is 1. The zero-order valence-electron chi connectivity index (χ0n) is 16.5. The molecule has 0 spiro atoms. The summed E-state index contributed by atoms with van der Waals surface area (Å²) in [6.07, 6.45) is -0.195. The number of amides is 1. The summed E-state index contributed by atoms with van der Waals surface area (Å²) in [5.41, 5.74) is 0.0290. The van der Waals surface area contributed by atoms with Crippen molar-refractivity contribution in [2.45, 2.75) is 42.4 Å². The molecule has 1 unspecified atom stereocenters. The van der Waals surface area contributed by atoms with Gasteiger partial charge in [-0.15, -0.1) is 11.3 Å². The van der Waals surface area contributed by atoms with Gasteiger partial charge in [0.2, 0.25) is 0 Å². The quantitative estimate of drug-likeness (QED) is 0.500. The molecular formula is C20H24N2O6S2. The van der Waals surface area contributed by atoms with E-state index in [0.29, 0.717) is 35.2 Å². The summed E-state index contributed by atoms with van der Waals surface area (Å²) in [6.45, 7) is 2.49. The molecule has 30 heavy (non-hydrogen) atoms. The molecule has 8 nitrogen and oxygen atoms in total. The lowest BCUT2D eigenvalue weighted by Gasteiger charge is -2.24. The molecule has 0 saturated carbocycles. The van der Waals surface area contributed by atoms with Crippen molar-refractivity contribution in [3.05, 3.63) is 41.4 Å². The first kappa shape index (κ1) is 22.4. The van der Waals surface area contributed by atoms with Crippen molar-refractivity contribution in [3.63, 3.8) is 0 Å². The molecule has 0 aliphatic carbocycles. The van der Waals surface area contributed by atoms with Crippen molar-refractivity contribution < 1.29 is 29.3 Å². The molecule has 1 aliphatic rings. The maximum Gasteiger partial charge on any atom is 0.410 e. The standard InChI is InChI=1S/C20H24N2O6S2/c1-13-17(8-7-14(23)11-27-15-5-3-2-4-6-15)22(20(26)28-13)9-10-29-19-21-16(12-30-19)18(24)25/h2-6,12-14,17,23H,7-11H2,1H3,(H,24,25)/t13-,14?,17-/m0/s1. The number of thiazole rings is 1. The Labute approximate surface area is 182 Å². The number of ether oxygens (including phenoxy) is 2. The second-order valence-corrected chi connectivity index (χ2v) is 9.06. The van der Waals surface area contributed by atoms with Gasteiger partial charge < -0.3 is 24.6 Å². The fourth-order valence-electron chi connectivity index (χ4n) is 3.15. The van der Waals surface area contributed by atoms with Crippen LogP contribution in [0.25, 0.3) is 0 Å². The van der Waals surface area contributed by atoms with Crippen LogP contribution < -0.4 is 4.74 Å². The fraction of sp³-hybridized carbons (Fsp3) is 0.450. The van der Waals surface area contributed by atoms with Gasteiger partial charge in [-0.2, -0.15) is 0 Å². The predicted octanol–water partition coefficient (Wildman–Crippen LogP) is 3.36. The molecule has 1 saturated heterocycles. The molecular weight excluding hydrogens is 428 g/mol. The largest absolute Gasteiger partial charge is 0.491 e. The molecule has 2 aromatic rings. The molecule has 1 amide bonds. The lowest BCUT2D eigenvalue weighted by molar-refractivity contribution is 0.0690. The minimum Gasteiger partial charge on any atom is -0.491 e. The van der Waals surface area contributed by atoms with Gasteiger partial charge in [0.15, 0.2) is 10.0 Å². The van der Waals surface area contributed by atoms with Crippen LogP contribution in [0.3, 0.4) is 0 Å². The van der Waals surface area contributed by atoms with Crippen molar-refractivity contribution in [2.75, 3.05) is 18.9 Å². The highest BCUT2D eigenvalue weighted by Crippen LogP contribution is 2.27. The number of aliphatic hydroxyl groups excluding tert-OH is 1. The van der Waals surface area contributed by atoms with E-state index in [1.807, 2.05) is 37.3 Å². The minimum atomic E-state index is -1.05. The number of benzene rings is 1. The number of rotatable bonds is 11. The monoisotopic (exact) mass is 452 g/mol. The summed E-state index contributed by atoms with van der Waals surface area (Å²) >= 11 is 2.68. The smallest absolute Gasteiger partial charge is 0.410 e. The van der Waals surface area contributed by atoms with Crippen LogP contribution in [-0.4, -0.2) is 69.3 Å². The first-order chi connectivity index (χ1) is 14.4. The van der Waals surface area contributed by atoms with E-state index in [1.54, 1.807) is 4.90 Å². The number of aromatic nitrogens is 1.